The van der Waals surface area contributed by atoms with Crippen LogP contribution in [-0.4, -0.2) is 9.97 Å². The largest absolute Gasteiger partial charge is 0.338 e. The molecule has 3 rings (SSSR count). The molecule has 0 saturated heterocycles. The Kier molecular flexibility index (Phi) is 2.97. The topological polar surface area (TPSA) is 54.7 Å². The number of nitrogens with zero attached hydrogens (tertiary/aromatic N) is 1. The molecular formula is C14H11ClFN3. The van der Waals surface area contributed by atoms with E-state index in [2.05, 4.69) is 9.97 Å². The Morgan fingerprint density at radius 3 is 2.84 bits per heavy atom. The van der Waals surface area contributed by atoms with Crippen molar-refractivity contribution in [3.8, 4) is 11.4 Å². The van der Waals surface area contributed by atoms with Gasteiger partial charge < -0.3 is 10.7 Å². The second-order valence-corrected chi connectivity index (χ2v) is 4.66. The first-order valence-corrected chi connectivity index (χ1v) is 6.20. The van der Waals surface area contributed by atoms with E-state index < -0.39 is 5.82 Å². The van der Waals surface area contributed by atoms with Crippen LogP contribution < -0.4 is 5.73 Å². The number of H-pyrrole nitrogens is 1. The fraction of sp³-hybridized carbons (Fsp3) is 0.0714. The van der Waals surface area contributed by atoms with Crippen molar-refractivity contribution < 1.29 is 4.39 Å². The normalized spacial score (nSPS) is 11.1. The molecule has 0 aliphatic carbocycles. The number of rotatable bonds is 2. The highest BCUT2D eigenvalue weighted by Gasteiger charge is 2.12. The number of nitrogens with two attached hydrogens (primary N) is 1. The van der Waals surface area contributed by atoms with Gasteiger partial charge in [0.15, 0.2) is 0 Å². The van der Waals surface area contributed by atoms with Crippen LogP contribution in [-0.2, 0) is 6.54 Å². The van der Waals surface area contributed by atoms with Gasteiger partial charge in [-0.2, -0.15) is 0 Å². The summed E-state index contributed by atoms with van der Waals surface area (Å²) in [6.45, 7) is 0.394. The molecule has 3 aromatic rings. The van der Waals surface area contributed by atoms with Crippen molar-refractivity contribution in [2.45, 2.75) is 6.54 Å². The molecule has 0 aliphatic heterocycles. The minimum Gasteiger partial charge on any atom is -0.338 e. The van der Waals surface area contributed by atoms with E-state index in [-0.39, 0.29) is 0 Å². The molecule has 0 atom stereocenters. The number of aromatic nitrogens is 2. The molecule has 0 bridgehead atoms. The van der Waals surface area contributed by atoms with E-state index >= 15 is 0 Å². The molecule has 0 fully saturated rings. The highest BCUT2D eigenvalue weighted by molar-refractivity contribution is 6.30. The molecule has 0 saturated carbocycles. The first-order chi connectivity index (χ1) is 9.19. The summed E-state index contributed by atoms with van der Waals surface area (Å²) in [7, 11) is 0. The van der Waals surface area contributed by atoms with Gasteiger partial charge in [0.05, 0.1) is 16.6 Å². The Hall–Kier alpha value is -1.91. The summed E-state index contributed by atoms with van der Waals surface area (Å²) in [6, 6.07) is 10.2. The van der Waals surface area contributed by atoms with Gasteiger partial charge in [-0.25, -0.2) is 9.37 Å². The average Bonchev–Trinajstić information content (AvgIpc) is 2.81. The molecule has 0 amide bonds. The van der Waals surface area contributed by atoms with Crippen molar-refractivity contribution in [1.29, 1.82) is 0 Å². The van der Waals surface area contributed by atoms with Crippen molar-refractivity contribution in [1.82, 2.24) is 9.97 Å². The first kappa shape index (κ1) is 12.1. The third-order valence-corrected chi connectivity index (χ3v) is 3.24. The SMILES string of the molecule is NCc1cccc2[nH]c(-c3ccc(Cl)cc3F)nc12. The zero-order chi connectivity index (χ0) is 13.4. The van der Waals surface area contributed by atoms with E-state index in [0.717, 1.165) is 16.6 Å². The molecule has 0 spiro atoms. The summed E-state index contributed by atoms with van der Waals surface area (Å²) in [5, 5.41) is 0.361. The fourth-order valence-corrected chi connectivity index (χ4v) is 2.22. The van der Waals surface area contributed by atoms with Crippen LogP contribution in [0.4, 0.5) is 4.39 Å². The number of hydrogen-bond acceptors (Lipinski definition) is 2. The van der Waals surface area contributed by atoms with Gasteiger partial charge in [-0.15, -0.1) is 0 Å². The number of fused-ring (bicyclic) bond motifs is 1. The van der Waals surface area contributed by atoms with Crippen LogP contribution in [0.1, 0.15) is 5.56 Å². The lowest BCUT2D eigenvalue weighted by Crippen LogP contribution is -1.96. The molecule has 3 nitrogen and oxygen atoms in total. The molecule has 1 aromatic heterocycles. The number of aromatic amines is 1. The predicted octanol–water partition coefficient (Wildman–Crippen LogP) is 3.48. The second-order valence-electron chi connectivity index (χ2n) is 4.23. The van der Waals surface area contributed by atoms with Crippen LogP contribution in [0.25, 0.3) is 22.4 Å². The second kappa shape index (κ2) is 4.64. The Balaban J connectivity index is 2.20. The molecule has 0 aliphatic rings. The summed E-state index contributed by atoms with van der Waals surface area (Å²) in [6.07, 6.45) is 0. The molecule has 5 heteroatoms. The summed E-state index contributed by atoms with van der Waals surface area (Å²) in [5.74, 6) is 0.0749. The van der Waals surface area contributed by atoms with Crippen molar-refractivity contribution >= 4 is 22.6 Å². The van der Waals surface area contributed by atoms with Crippen LogP contribution >= 0.6 is 11.6 Å². The third kappa shape index (κ3) is 2.09. The summed E-state index contributed by atoms with van der Waals surface area (Å²) >= 11 is 5.74. The number of para-hydroxylation sites is 1. The molecule has 0 radical (unpaired) electrons. The molecule has 3 N–H and O–H groups in total. The molecular weight excluding hydrogens is 265 g/mol. The van der Waals surface area contributed by atoms with Crippen LogP contribution in [0.3, 0.4) is 0 Å². The minimum absolute atomic E-state index is 0.361. The maximum Gasteiger partial charge on any atom is 0.141 e. The quantitative estimate of drug-likeness (QED) is 0.752. The monoisotopic (exact) mass is 275 g/mol. The van der Waals surface area contributed by atoms with Crippen LogP contribution in [0.2, 0.25) is 5.02 Å². The van der Waals surface area contributed by atoms with Crippen molar-refractivity contribution in [2.24, 2.45) is 5.73 Å². The van der Waals surface area contributed by atoms with Gasteiger partial charge in [0, 0.05) is 11.6 Å². The molecule has 19 heavy (non-hydrogen) atoms. The van der Waals surface area contributed by atoms with E-state index in [1.807, 2.05) is 18.2 Å². The van der Waals surface area contributed by atoms with Gasteiger partial charge in [-0.3, -0.25) is 0 Å². The molecule has 2 aromatic carbocycles. The molecule has 1 heterocycles. The lowest BCUT2D eigenvalue weighted by atomic mass is 10.2. The van der Waals surface area contributed by atoms with Gasteiger partial charge in [0.25, 0.3) is 0 Å². The van der Waals surface area contributed by atoms with Crippen molar-refractivity contribution in [3.63, 3.8) is 0 Å². The van der Waals surface area contributed by atoms with Gasteiger partial charge in [0.1, 0.15) is 11.6 Å². The first-order valence-electron chi connectivity index (χ1n) is 5.82. The molecule has 0 unspecified atom stereocenters. The van der Waals surface area contributed by atoms with E-state index in [1.54, 1.807) is 12.1 Å². The van der Waals surface area contributed by atoms with E-state index in [1.165, 1.54) is 6.07 Å². The lowest BCUT2D eigenvalue weighted by molar-refractivity contribution is 0.630. The Morgan fingerprint density at radius 1 is 1.26 bits per heavy atom. The smallest absolute Gasteiger partial charge is 0.141 e. The summed E-state index contributed by atoms with van der Waals surface area (Å²) in [5.41, 5.74) is 8.60. The number of nitrogens with one attached hydrogen (secondary N) is 1. The van der Waals surface area contributed by atoms with Gasteiger partial charge in [0.2, 0.25) is 0 Å². The number of hydrogen-bond donors (Lipinski definition) is 2. The zero-order valence-electron chi connectivity index (χ0n) is 9.95. The van der Waals surface area contributed by atoms with Gasteiger partial charge in [-0.05, 0) is 29.8 Å². The number of halogens is 2. The third-order valence-electron chi connectivity index (χ3n) is 3.00. The van der Waals surface area contributed by atoms with Crippen LogP contribution in [0.15, 0.2) is 36.4 Å². The number of imidazole rings is 1. The van der Waals surface area contributed by atoms with Crippen LogP contribution in [0, 0.1) is 5.82 Å². The molecule has 96 valence electrons. The Labute approximate surface area is 114 Å². The summed E-state index contributed by atoms with van der Waals surface area (Å²) in [4.78, 5) is 7.52. The van der Waals surface area contributed by atoms with E-state index in [4.69, 9.17) is 17.3 Å². The van der Waals surface area contributed by atoms with Crippen molar-refractivity contribution in [2.75, 3.05) is 0 Å². The van der Waals surface area contributed by atoms with Crippen molar-refractivity contribution in [3.05, 3.63) is 52.8 Å². The number of benzene rings is 2. The predicted molar refractivity (Wildman–Crippen MR) is 74.4 cm³/mol. The average molecular weight is 276 g/mol. The standard InChI is InChI=1S/C14H11ClFN3/c15-9-4-5-10(11(16)6-9)14-18-12-3-1-2-8(7-17)13(12)19-14/h1-6H,7,17H2,(H,18,19). The van der Waals surface area contributed by atoms with Gasteiger partial charge in [-0.1, -0.05) is 23.7 Å². The minimum atomic E-state index is -0.402. The lowest BCUT2D eigenvalue weighted by Gasteiger charge is -1.99. The Bertz CT molecular complexity index is 752. The maximum atomic E-state index is 13.9. The maximum absolute atomic E-state index is 13.9. The van der Waals surface area contributed by atoms with E-state index in [0.29, 0.717) is 23.0 Å². The zero-order valence-corrected chi connectivity index (χ0v) is 10.7. The van der Waals surface area contributed by atoms with E-state index in [9.17, 15) is 4.39 Å². The highest BCUT2D eigenvalue weighted by Crippen LogP contribution is 2.26. The van der Waals surface area contributed by atoms with Gasteiger partial charge >= 0.3 is 0 Å². The van der Waals surface area contributed by atoms with Crippen LogP contribution in [0.5, 0.6) is 0 Å². The Morgan fingerprint density at radius 2 is 2.11 bits per heavy atom. The highest BCUT2D eigenvalue weighted by atomic mass is 35.5. The summed E-state index contributed by atoms with van der Waals surface area (Å²) < 4.78 is 13.9. The fourth-order valence-electron chi connectivity index (χ4n) is 2.07.